The van der Waals surface area contributed by atoms with E-state index in [0.29, 0.717) is 0 Å². The van der Waals surface area contributed by atoms with Gasteiger partial charge < -0.3 is 5.32 Å². The van der Waals surface area contributed by atoms with E-state index in [2.05, 4.69) is 32.6 Å². The molecule has 4 heteroatoms. The Balaban J connectivity index is 1.83. The lowest BCUT2D eigenvalue weighted by Crippen LogP contribution is -1.99. The van der Waals surface area contributed by atoms with Crippen molar-refractivity contribution in [1.29, 1.82) is 0 Å². The second-order valence-electron chi connectivity index (χ2n) is 4.28. The van der Waals surface area contributed by atoms with Crippen molar-refractivity contribution in [2.45, 2.75) is 13.5 Å². The Hall–Kier alpha value is -2.36. The van der Waals surface area contributed by atoms with Crippen molar-refractivity contribution in [2.75, 3.05) is 5.32 Å². The number of aryl methyl sites for hydroxylation is 1. The summed E-state index contributed by atoms with van der Waals surface area (Å²) in [7, 11) is 0. The number of nitrogens with one attached hydrogen (secondary N) is 2. The summed E-state index contributed by atoms with van der Waals surface area (Å²) in [6, 6.07) is 12.2. The molecule has 0 aliphatic carbocycles. The van der Waals surface area contributed by atoms with E-state index in [1.54, 1.807) is 0 Å². The molecule has 3 rings (SSSR count). The Morgan fingerprint density at radius 2 is 2.06 bits per heavy atom. The summed E-state index contributed by atoms with van der Waals surface area (Å²) >= 11 is 0. The number of nitrogens with zero attached hydrogens (tertiary/aromatic N) is 2. The second kappa shape index (κ2) is 4.49. The van der Waals surface area contributed by atoms with Gasteiger partial charge in [0.1, 0.15) is 0 Å². The topological polar surface area (TPSA) is 53.6 Å². The first kappa shape index (κ1) is 10.8. The second-order valence-corrected chi connectivity index (χ2v) is 4.28. The van der Waals surface area contributed by atoms with Crippen molar-refractivity contribution >= 4 is 16.7 Å². The molecular weight excluding hydrogens is 224 g/mol. The number of H-pyrrole nitrogens is 1. The third-order valence-corrected chi connectivity index (χ3v) is 2.89. The van der Waals surface area contributed by atoms with E-state index >= 15 is 0 Å². The van der Waals surface area contributed by atoms with Crippen LogP contribution in [-0.4, -0.2) is 15.2 Å². The van der Waals surface area contributed by atoms with Crippen molar-refractivity contribution in [3.63, 3.8) is 0 Å². The van der Waals surface area contributed by atoms with Gasteiger partial charge in [-0.05, 0) is 18.6 Å². The predicted molar refractivity (Wildman–Crippen MR) is 72.4 cm³/mol. The number of hydrogen-bond donors (Lipinski definition) is 2. The maximum atomic E-state index is 4.30. The zero-order valence-corrected chi connectivity index (χ0v) is 10.1. The highest BCUT2D eigenvalue weighted by Gasteiger charge is 2.05. The van der Waals surface area contributed by atoms with Gasteiger partial charge >= 0.3 is 0 Å². The van der Waals surface area contributed by atoms with Crippen molar-refractivity contribution in [1.82, 2.24) is 15.2 Å². The highest BCUT2D eigenvalue weighted by molar-refractivity contribution is 5.89. The van der Waals surface area contributed by atoms with Gasteiger partial charge in [-0.2, -0.15) is 5.10 Å². The first-order valence-corrected chi connectivity index (χ1v) is 5.91. The van der Waals surface area contributed by atoms with Gasteiger partial charge in [0.2, 0.25) is 0 Å². The van der Waals surface area contributed by atoms with Gasteiger partial charge in [0, 0.05) is 18.4 Å². The fourth-order valence-corrected chi connectivity index (χ4v) is 1.93. The van der Waals surface area contributed by atoms with Gasteiger partial charge in [0.05, 0.1) is 10.9 Å². The third kappa shape index (κ3) is 2.05. The molecule has 4 nitrogen and oxygen atoms in total. The lowest BCUT2D eigenvalue weighted by Gasteiger charge is -2.03. The monoisotopic (exact) mass is 238 g/mol. The fourth-order valence-electron chi connectivity index (χ4n) is 1.93. The molecule has 0 unspecified atom stereocenters. The molecule has 2 N–H and O–H groups in total. The quantitative estimate of drug-likeness (QED) is 0.737. The summed E-state index contributed by atoms with van der Waals surface area (Å²) in [5.41, 5.74) is 3.23. The molecule has 0 spiro atoms. The molecule has 90 valence electrons. The van der Waals surface area contributed by atoms with Crippen molar-refractivity contribution in [3.05, 3.63) is 53.9 Å². The zero-order chi connectivity index (χ0) is 12.4. The van der Waals surface area contributed by atoms with Crippen molar-refractivity contribution in [2.24, 2.45) is 0 Å². The minimum absolute atomic E-state index is 0.759. The number of anilines is 1. The number of aromatic nitrogens is 3. The first-order valence-electron chi connectivity index (χ1n) is 5.91. The molecule has 0 amide bonds. The van der Waals surface area contributed by atoms with Crippen LogP contribution in [0.25, 0.3) is 10.9 Å². The summed E-state index contributed by atoms with van der Waals surface area (Å²) in [5, 5.41) is 11.6. The van der Waals surface area contributed by atoms with Crippen molar-refractivity contribution < 1.29 is 0 Å². The number of fused-ring (bicyclic) bond motifs is 1. The van der Waals surface area contributed by atoms with Crippen LogP contribution in [0.2, 0.25) is 0 Å². The molecule has 18 heavy (non-hydrogen) atoms. The Labute approximate surface area is 105 Å². The van der Waals surface area contributed by atoms with Crippen LogP contribution in [-0.2, 0) is 6.54 Å². The van der Waals surface area contributed by atoms with Crippen LogP contribution in [0.1, 0.15) is 11.3 Å². The number of aromatic amines is 1. The number of rotatable bonds is 3. The lowest BCUT2D eigenvalue weighted by molar-refractivity contribution is 1.06. The third-order valence-electron chi connectivity index (χ3n) is 2.89. The van der Waals surface area contributed by atoms with E-state index in [4.69, 9.17) is 0 Å². The molecule has 0 atom stereocenters. The van der Waals surface area contributed by atoms with Crippen LogP contribution in [0.3, 0.4) is 0 Å². The molecular formula is C14H14N4. The molecule has 0 fully saturated rings. The number of hydrogen-bond acceptors (Lipinski definition) is 3. The Morgan fingerprint density at radius 3 is 2.89 bits per heavy atom. The van der Waals surface area contributed by atoms with Gasteiger partial charge in [-0.15, -0.1) is 0 Å². The molecule has 1 aromatic carbocycles. The summed E-state index contributed by atoms with van der Waals surface area (Å²) in [6.45, 7) is 2.73. The van der Waals surface area contributed by atoms with Crippen LogP contribution >= 0.6 is 0 Å². The van der Waals surface area contributed by atoms with Gasteiger partial charge in [-0.1, -0.05) is 30.3 Å². The van der Waals surface area contributed by atoms with Crippen LogP contribution in [0.15, 0.2) is 42.6 Å². The summed E-state index contributed by atoms with van der Waals surface area (Å²) < 4.78 is 0. The SMILES string of the molecule is Cc1cc2[nH]nc(NCc3ccccc3)c2cn1. The molecule has 0 bridgehead atoms. The van der Waals surface area contributed by atoms with E-state index in [9.17, 15) is 0 Å². The average molecular weight is 238 g/mol. The Kier molecular flexibility index (Phi) is 2.68. The summed E-state index contributed by atoms with van der Waals surface area (Å²) in [5.74, 6) is 0.848. The molecule has 0 saturated heterocycles. The Morgan fingerprint density at radius 1 is 1.22 bits per heavy atom. The minimum atomic E-state index is 0.759. The molecule has 0 aliphatic rings. The van der Waals surface area contributed by atoms with Crippen LogP contribution < -0.4 is 5.32 Å². The molecule has 0 saturated carbocycles. The normalized spacial score (nSPS) is 10.7. The van der Waals surface area contributed by atoms with Crippen molar-refractivity contribution in [3.8, 4) is 0 Å². The van der Waals surface area contributed by atoms with E-state index in [0.717, 1.165) is 29.0 Å². The van der Waals surface area contributed by atoms with Gasteiger partial charge in [-0.3, -0.25) is 10.1 Å². The largest absolute Gasteiger partial charge is 0.364 e. The highest BCUT2D eigenvalue weighted by atomic mass is 15.2. The van der Waals surface area contributed by atoms with Crippen LogP contribution in [0.4, 0.5) is 5.82 Å². The predicted octanol–water partition coefficient (Wildman–Crippen LogP) is 2.88. The standard InChI is InChI=1S/C14H14N4/c1-10-7-13-12(9-15-10)14(18-17-13)16-8-11-5-3-2-4-6-11/h2-7,9H,8H2,1H3,(H2,16,17,18). The summed E-state index contributed by atoms with van der Waals surface area (Å²) in [4.78, 5) is 4.30. The van der Waals surface area contributed by atoms with Crippen LogP contribution in [0, 0.1) is 6.92 Å². The first-order chi connectivity index (χ1) is 8.83. The Bertz CT molecular complexity index is 658. The molecule has 0 radical (unpaired) electrons. The molecule has 0 aliphatic heterocycles. The summed E-state index contributed by atoms with van der Waals surface area (Å²) in [6.07, 6.45) is 1.85. The maximum absolute atomic E-state index is 4.30. The molecule has 2 aromatic heterocycles. The fraction of sp³-hybridized carbons (Fsp3) is 0.143. The molecule has 2 heterocycles. The lowest BCUT2D eigenvalue weighted by atomic mass is 10.2. The van der Waals surface area contributed by atoms with E-state index in [-0.39, 0.29) is 0 Å². The average Bonchev–Trinajstić information content (AvgIpc) is 2.80. The van der Waals surface area contributed by atoms with Gasteiger partial charge in [0.25, 0.3) is 0 Å². The van der Waals surface area contributed by atoms with Crippen LogP contribution in [0.5, 0.6) is 0 Å². The van der Waals surface area contributed by atoms with Gasteiger partial charge in [0.15, 0.2) is 5.82 Å². The smallest absolute Gasteiger partial charge is 0.157 e. The van der Waals surface area contributed by atoms with E-state index in [1.807, 2.05) is 37.4 Å². The highest BCUT2D eigenvalue weighted by Crippen LogP contribution is 2.20. The maximum Gasteiger partial charge on any atom is 0.157 e. The molecule has 3 aromatic rings. The minimum Gasteiger partial charge on any atom is -0.364 e. The number of pyridine rings is 1. The van der Waals surface area contributed by atoms with E-state index in [1.165, 1.54) is 5.56 Å². The zero-order valence-electron chi connectivity index (χ0n) is 10.1. The van der Waals surface area contributed by atoms with Gasteiger partial charge in [-0.25, -0.2) is 0 Å². The van der Waals surface area contributed by atoms with E-state index < -0.39 is 0 Å². The number of benzene rings is 1.